The van der Waals surface area contributed by atoms with E-state index in [1.165, 1.54) is 95.6 Å². The Morgan fingerprint density at radius 1 is 0.778 bits per heavy atom. The molecule has 0 N–H and O–H groups in total. The summed E-state index contributed by atoms with van der Waals surface area (Å²) < 4.78 is 0. The van der Waals surface area contributed by atoms with Crippen molar-refractivity contribution in [3.05, 3.63) is 0 Å². The SMILES string of the molecule is CCCCCCCCCCC1CCCCCCS1. The lowest BCUT2D eigenvalue weighted by molar-refractivity contribution is 0.537. The monoisotopic (exact) mass is 270 g/mol. The number of hydrogen-bond donors (Lipinski definition) is 0. The van der Waals surface area contributed by atoms with Gasteiger partial charge in [0.2, 0.25) is 0 Å². The molecule has 0 saturated carbocycles. The predicted octanol–water partition coefficient (Wildman–Crippen LogP) is 6.58. The topological polar surface area (TPSA) is 0 Å². The van der Waals surface area contributed by atoms with Crippen molar-refractivity contribution >= 4 is 11.8 Å². The first-order chi connectivity index (χ1) is 8.93. The summed E-state index contributed by atoms with van der Waals surface area (Å²) in [6, 6.07) is 0. The molecule has 0 spiro atoms. The van der Waals surface area contributed by atoms with E-state index in [0.29, 0.717) is 0 Å². The summed E-state index contributed by atoms with van der Waals surface area (Å²) in [6.07, 6.45) is 20.7. The van der Waals surface area contributed by atoms with Gasteiger partial charge in [-0.1, -0.05) is 77.6 Å². The molecule has 1 aliphatic heterocycles. The second-order valence-electron chi connectivity index (χ2n) is 5.96. The van der Waals surface area contributed by atoms with Gasteiger partial charge in [-0.2, -0.15) is 11.8 Å². The van der Waals surface area contributed by atoms with Gasteiger partial charge in [0.05, 0.1) is 0 Å². The Bertz CT molecular complexity index is 159. The first-order valence-electron chi connectivity index (χ1n) is 8.55. The van der Waals surface area contributed by atoms with Gasteiger partial charge in [0.15, 0.2) is 0 Å². The molecule has 0 nitrogen and oxygen atoms in total. The fourth-order valence-electron chi connectivity index (χ4n) is 2.89. The van der Waals surface area contributed by atoms with Gasteiger partial charge >= 0.3 is 0 Å². The van der Waals surface area contributed by atoms with E-state index in [0.717, 1.165) is 5.25 Å². The molecule has 0 amide bonds. The van der Waals surface area contributed by atoms with Crippen LogP contribution in [0.5, 0.6) is 0 Å². The highest BCUT2D eigenvalue weighted by Gasteiger charge is 2.10. The van der Waals surface area contributed by atoms with Crippen molar-refractivity contribution in [2.24, 2.45) is 0 Å². The second kappa shape index (κ2) is 12.4. The Morgan fingerprint density at radius 2 is 1.44 bits per heavy atom. The van der Waals surface area contributed by atoms with Crippen LogP contribution in [0.3, 0.4) is 0 Å². The molecule has 0 bridgehead atoms. The third-order valence-corrected chi connectivity index (χ3v) is 5.62. The van der Waals surface area contributed by atoms with Crippen molar-refractivity contribution in [1.29, 1.82) is 0 Å². The molecule has 108 valence electrons. The molecule has 18 heavy (non-hydrogen) atoms. The lowest BCUT2D eigenvalue weighted by Gasteiger charge is -2.19. The minimum Gasteiger partial charge on any atom is -0.159 e. The van der Waals surface area contributed by atoms with Gasteiger partial charge in [0.25, 0.3) is 0 Å². The third kappa shape index (κ3) is 9.30. The number of rotatable bonds is 9. The van der Waals surface area contributed by atoms with E-state index in [1.807, 2.05) is 0 Å². The van der Waals surface area contributed by atoms with Crippen molar-refractivity contribution in [1.82, 2.24) is 0 Å². The van der Waals surface area contributed by atoms with Gasteiger partial charge in [0, 0.05) is 5.25 Å². The summed E-state index contributed by atoms with van der Waals surface area (Å²) in [4.78, 5) is 0. The van der Waals surface area contributed by atoms with Crippen LogP contribution in [0.15, 0.2) is 0 Å². The van der Waals surface area contributed by atoms with Gasteiger partial charge in [-0.25, -0.2) is 0 Å². The molecule has 1 heteroatoms. The highest BCUT2D eigenvalue weighted by Crippen LogP contribution is 2.27. The molecular weight excluding hydrogens is 236 g/mol. The molecule has 0 aliphatic carbocycles. The zero-order chi connectivity index (χ0) is 12.9. The first kappa shape index (κ1) is 16.4. The zero-order valence-electron chi connectivity index (χ0n) is 12.6. The molecule has 0 aromatic rings. The summed E-state index contributed by atoms with van der Waals surface area (Å²) in [5.41, 5.74) is 0. The average molecular weight is 271 g/mol. The Balaban J connectivity index is 1.86. The summed E-state index contributed by atoms with van der Waals surface area (Å²) in [5.74, 6) is 1.43. The van der Waals surface area contributed by atoms with Crippen LogP contribution in [-0.4, -0.2) is 11.0 Å². The minimum absolute atomic E-state index is 1.00. The maximum Gasteiger partial charge on any atom is 0.00470 e. The van der Waals surface area contributed by atoms with Crippen LogP contribution in [0.1, 0.15) is 96.8 Å². The molecule has 0 aromatic heterocycles. The average Bonchev–Trinajstić information content (AvgIpc) is 2.34. The van der Waals surface area contributed by atoms with Crippen LogP contribution in [0.2, 0.25) is 0 Å². The van der Waals surface area contributed by atoms with Crippen LogP contribution in [0, 0.1) is 0 Å². The highest BCUT2D eigenvalue weighted by atomic mass is 32.2. The zero-order valence-corrected chi connectivity index (χ0v) is 13.4. The molecule has 1 rings (SSSR count). The Kier molecular flexibility index (Phi) is 11.3. The molecule has 1 unspecified atom stereocenters. The molecule has 0 aromatic carbocycles. The summed E-state index contributed by atoms with van der Waals surface area (Å²) in [7, 11) is 0. The number of thioether (sulfide) groups is 1. The minimum atomic E-state index is 1.00. The van der Waals surface area contributed by atoms with E-state index in [2.05, 4.69) is 18.7 Å². The van der Waals surface area contributed by atoms with Crippen molar-refractivity contribution in [3.63, 3.8) is 0 Å². The number of hydrogen-bond acceptors (Lipinski definition) is 1. The quantitative estimate of drug-likeness (QED) is 0.426. The summed E-state index contributed by atoms with van der Waals surface area (Å²) >= 11 is 2.27. The highest BCUT2D eigenvalue weighted by molar-refractivity contribution is 7.99. The molecule has 1 aliphatic rings. The maximum atomic E-state index is 2.30. The Morgan fingerprint density at radius 3 is 2.22 bits per heavy atom. The standard InChI is InChI=1S/C17H34S/c1-2-3-4-5-6-7-8-11-14-17-15-12-9-10-13-16-18-17/h17H,2-16H2,1H3. The van der Waals surface area contributed by atoms with Gasteiger partial charge in [-0.15, -0.1) is 0 Å². The molecular formula is C17H34S. The van der Waals surface area contributed by atoms with E-state index in [-0.39, 0.29) is 0 Å². The van der Waals surface area contributed by atoms with E-state index >= 15 is 0 Å². The molecule has 1 heterocycles. The van der Waals surface area contributed by atoms with Gasteiger partial charge in [-0.3, -0.25) is 0 Å². The van der Waals surface area contributed by atoms with Gasteiger partial charge in [-0.05, 0) is 25.0 Å². The maximum absolute atomic E-state index is 2.30. The smallest absolute Gasteiger partial charge is 0.00470 e. The van der Waals surface area contributed by atoms with Crippen LogP contribution in [-0.2, 0) is 0 Å². The van der Waals surface area contributed by atoms with Crippen LogP contribution in [0.4, 0.5) is 0 Å². The number of unbranched alkanes of at least 4 members (excludes halogenated alkanes) is 7. The summed E-state index contributed by atoms with van der Waals surface area (Å²) in [5, 5.41) is 1.00. The Labute approximate surface area is 120 Å². The molecule has 1 saturated heterocycles. The normalized spacial score (nSPS) is 21.5. The van der Waals surface area contributed by atoms with Crippen molar-refractivity contribution in [2.45, 2.75) is 102 Å². The Hall–Kier alpha value is 0.350. The van der Waals surface area contributed by atoms with Gasteiger partial charge in [0.1, 0.15) is 0 Å². The van der Waals surface area contributed by atoms with Crippen LogP contribution >= 0.6 is 11.8 Å². The molecule has 0 radical (unpaired) electrons. The third-order valence-electron chi connectivity index (χ3n) is 4.15. The lowest BCUT2D eigenvalue weighted by atomic mass is 10.0. The lowest BCUT2D eigenvalue weighted by Crippen LogP contribution is -2.06. The van der Waals surface area contributed by atoms with E-state index in [1.54, 1.807) is 0 Å². The first-order valence-corrected chi connectivity index (χ1v) is 9.60. The van der Waals surface area contributed by atoms with Crippen LogP contribution < -0.4 is 0 Å². The van der Waals surface area contributed by atoms with Crippen molar-refractivity contribution in [3.8, 4) is 0 Å². The van der Waals surface area contributed by atoms with Gasteiger partial charge < -0.3 is 0 Å². The van der Waals surface area contributed by atoms with Crippen LogP contribution in [0.25, 0.3) is 0 Å². The predicted molar refractivity (Wildman–Crippen MR) is 86.6 cm³/mol. The second-order valence-corrected chi connectivity index (χ2v) is 7.37. The summed E-state index contributed by atoms with van der Waals surface area (Å²) in [6.45, 7) is 2.30. The molecule has 1 fully saturated rings. The van der Waals surface area contributed by atoms with E-state index < -0.39 is 0 Å². The molecule has 1 atom stereocenters. The van der Waals surface area contributed by atoms with Crippen molar-refractivity contribution < 1.29 is 0 Å². The fourth-order valence-corrected chi connectivity index (χ4v) is 4.27. The fraction of sp³-hybridized carbons (Fsp3) is 1.00. The largest absolute Gasteiger partial charge is 0.159 e. The van der Waals surface area contributed by atoms with E-state index in [4.69, 9.17) is 0 Å². The van der Waals surface area contributed by atoms with Crippen molar-refractivity contribution in [2.75, 3.05) is 5.75 Å². The van der Waals surface area contributed by atoms with E-state index in [9.17, 15) is 0 Å².